The number of aliphatic hydroxyl groups excluding tert-OH is 1. The van der Waals surface area contributed by atoms with Crippen LogP contribution in [0.4, 0.5) is 5.69 Å². The van der Waals surface area contributed by atoms with E-state index >= 15 is 0 Å². The molecule has 1 aliphatic carbocycles. The summed E-state index contributed by atoms with van der Waals surface area (Å²) in [6.45, 7) is 4.04. The molecule has 1 aromatic rings. The van der Waals surface area contributed by atoms with E-state index in [2.05, 4.69) is 0 Å². The molecule has 1 saturated carbocycles. The third kappa shape index (κ3) is 2.85. The van der Waals surface area contributed by atoms with Gasteiger partial charge in [-0.05, 0) is 26.0 Å². The molecule has 3 atom stereocenters. The number of hydrogen-bond acceptors (Lipinski definition) is 5. The second-order valence-corrected chi connectivity index (χ2v) is 4.58. The van der Waals surface area contributed by atoms with Crippen LogP contribution >= 0.6 is 0 Å². The third-order valence-corrected chi connectivity index (χ3v) is 3.23. The van der Waals surface area contributed by atoms with Crippen molar-refractivity contribution in [2.24, 2.45) is 0 Å². The number of aliphatic hydroxyl groups is 1. The standard InChI is InChI=1S/C13H17NO5/c1-3-18-13-11(15)7-12(13)19-9-4-5-10(14(16)17)8(2)6-9/h4-6,11-13,15H,3,7H2,1-2H3. The Bertz CT molecular complexity index is 476. The summed E-state index contributed by atoms with van der Waals surface area (Å²) in [5, 5.41) is 20.3. The highest BCUT2D eigenvalue weighted by Gasteiger charge is 2.42. The van der Waals surface area contributed by atoms with Crippen molar-refractivity contribution in [1.82, 2.24) is 0 Å². The van der Waals surface area contributed by atoms with Crippen LogP contribution in [0.15, 0.2) is 18.2 Å². The van der Waals surface area contributed by atoms with Crippen LogP contribution in [-0.4, -0.2) is 34.9 Å². The highest BCUT2D eigenvalue weighted by Crippen LogP contribution is 2.31. The van der Waals surface area contributed by atoms with Gasteiger partial charge in [-0.15, -0.1) is 0 Å². The van der Waals surface area contributed by atoms with Crippen LogP contribution in [0.25, 0.3) is 0 Å². The molecule has 0 saturated heterocycles. The first-order valence-corrected chi connectivity index (χ1v) is 6.24. The first-order chi connectivity index (χ1) is 9.02. The van der Waals surface area contributed by atoms with Gasteiger partial charge < -0.3 is 14.6 Å². The fourth-order valence-corrected chi connectivity index (χ4v) is 2.17. The quantitative estimate of drug-likeness (QED) is 0.650. The Morgan fingerprint density at radius 1 is 1.53 bits per heavy atom. The van der Waals surface area contributed by atoms with Gasteiger partial charge in [-0.3, -0.25) is 10.1 Å². The van der Waals surface area contributed by atoms with E-state index < -0.39 is 11.0 Å². The summed E-state index contributed by atoms with van der Waals surface area (Å²) < 4.78 is 11.1. The number of aryl methyl sites for hydroxylation is 1. The second-order valence-electron chi connectivity index (χ2n) is 4.58. The predicted molar refractivity (Wildman–Crippen MR) is 68.3 cm³/mol. The van der Waals surface area contributed by atoms with Gasteiger partial charge in [-0.1, -0.05) is 0 Å². The lowest BCUT2D eigenvalue weighted by Gasteiger charge is -2.40. The van der Waals surface area contributed by atoms with Crippen molar-refractivity contribution in [2.45, 2.75) is 38.6 Å². The van der Waals surface area contributed by atoms with Gasteiger partial charge in [-0.2, -0.15) is 0 Å². The van der Waals surface area contributed by atoms with E-state index in [9.17, 15) is 15.2 Å². The molecule has 104 valence electrons. The van der Waals surface area contributed by atoms with Gasteiger partial charge in [-0.25, -0.2) is 0 Å². The number of nitro groups is 1. The molecule has 0 aliphatic heterocycles. The second kappa shape index (κ2) is 5.54. The lowest BCUT2D eigenvalue weighted by Crippen LogP contribution is -2.55. The molecule has 1 aromatic carbocycles. The highest BCUT2D eigenvalue weighted by molar-refractivity contribution is 5.44. The van der Waals surface area contributed by atoms with Crippen molar-refractivity contribution in [2.75, 3.05) is 6.61 Å². The fourth-order valence-electron chi connectivity index (χ4n) is 2.17. The molecular formula is C13H17NO5. The van der Waals surface area contributed by atoms with Crippen LogP contribution in [-0.2, 0) is 4.74 Å². The molecule has 0 radical (unpaired) electrons. The molecule has 1 N–H and O–H groups in total. The van der Waals surface area contributed by atoms with Crippen LogP contribution in [0.3, 0.4) is 0 Å². The van der Waals surface area contributed by atoms with Crippen LogP contribution in [0.5, 0.6) is 5.75 Å². The lowest BCUT2D eigenvalue weighted by atomic mass is 9.88. The Kier molecular flexibility index (Phi) is 4.01. The third-order valence-electron chi connectivity index (χ3n) is 3.23. The summed E-state index contributed by atoms with van der Waals surface area (Å²) in [5.41, 5.74) is 0.623. The van der Waals surface area contributed by atoms with E-state index in [1.165, 1.54) is 6.07 Å². The van der Waals surface area contributed by atoms with Crippen molar-refractivity contribution < 1.29 is 19.5 Å². The normalized spacial score (nSPS) is 25.7. The Labute approximate surface area is 111 Å². The molecule has 3 unspecified atom stereocenters. The summed E-state index contributed by atoms with van der Waals surface area (Å²) in [7, 11) is 0. The number of ether oxygens (including phenoxy) is 2. The molecule has 0 heterocycles. The van der Waals surface area contributed by atoms with Crippen molar-refractivity contribution in [3.8, 4) is 5.75 Å². The monoisotopic (exact) mass is 267 g/mol. The number of rotatable bonds is 5. The van der Waals surface area contributed by atoms with E-state index in [0.29, 0.717) is 24.3 Å². The largest absolute Gasteiger partial charge is 0.487 e. The van der Waals surface area contributed by atoms with Gasteiger partial charge >= 0.3 is 0 Å². The maximum atomic E-state index is 10.7. The first kappa shape index (κ1) is 13.8. The van der Waals surface area contributed by atoms with E-state index in [-0.39, 0.29) is 17.9 Å². The summed E-state index contributed by atoms with van der Waals surface area (Å²) in [6, 6.07) is 4.63. The van der Waals surface area contributed by atoms with Crippen molar-refractivity contribution in [3.63, 3.8) is 0 Å². The zero-order valence-corrected chi connectivity index (χ0v) is 10.9. The van der Waals surface area contributed by atoms with Crippen molar-refractivity contribution in [3.05, 3.63) is 33.9 Å². The van der Waals surface area contributed by atoms with Gasteiger partial charge in [0.1, 0.15) is 18.0 Å². The molecule has 19 heavy (non-hydrogen) atoms. The van der Waals surface area contributed by atoms with Gasteiger partial charge in [0.2, 0.25) is 0 Å². The van der Waals surface area contributed by atoms with E-state index in [0.717, 1.165) is 0 Å². The smallest absolute Gasteiger partial charge is 0.272 e. The summed E-state index contributed by atoms with van der Waals surface area (Å²) in [5.74, 6) is 0.560. The van der Waals surface area contributed by atoms with E-state index in [4.69, 9.17) is 9.47 Å². The summed E-state index contributed by atoms with van der Waals surface area (Å²) in [4.78, 5) is 10.3. The van der Waals surface area contributed by atoms with Crippen LogP contribution in [0, 0.1) is 17.0 Å². The zero-order chi connectivity index (χ0) is 14.0. The van der Waals surface area contributed by atoms with Gasteiger partial charge in [0.15, 0.2) is 0 Å². The Morgan fingerprint density at radius 3 is 2.79 bits per heavy atom. The highest BCUT2D eigenvalue weighted by atomic mass is 16.6. The molecule has 0 bridgehead atoms. The number of hydrogen-bond donors (Lipinski definition) is 1. The minimum Gasteiger partial charge on any atom is -0.487 e. The molecule has 0 spiro atoms. The number of nitrogens with zero attached hydrogens (tertiary/aromatic N) is 1. The SMILES string of the molecule is CCOC1C(O)CC1Oc1ccc([N+](=O)[O-])c(C)c1. The summed E-state index contributed by atoms with van der Waals surface area (Å²) >= 11 is 0. The molecule has 6 nitrogen and oxygen atoms in total. The summed E-state index contributed by atoms with van der Waals surface area (Å²) in [6.07, 6.45) is -0.499. The lowest BCUT2D eigenvalue weighted by molar-refractivity contribution is -0.385. The minimum atomic E-state index is -0.496. The molecule has 6 heteroatoms. The number of nitro benzene ring substituents is 1. The van der Waals surface area contributed by atoms with Crippen molar-refractivity contribution in [1.29, 1.82) is 0 Å². The predicted octanol–water partition coefficient (Wildman–Crippen LogP) is 1.82. The molecule has 1 aliphatic rings. The Balaban J connectivity index is 2.04. The van der Waals surface area contributed by atoms with Crippen LogP contribution in [0.1, 0.15) is 18.9 Å². The fraction of sp³-hybridized carbons (Fsp3) is 0.538. The van der Waals surface area contributed by atoms with Gasteiger partial charge in [0.25, 0.3) is 5.69 Å². The molecule has 0 aromatic heterocycles. The topological polar surface area (TPSA) is 81.8 Å². The Hall–Kier alpha value is -1.66. The molecule has 2 rings (SSSR count). The minimum absolute atomic E-state index is 0.0716. The average molecular weight is 267 g/mol. The van der Waals surface area contributed by atoms with Gasteiger partial charge in [0.05, 0.1) is 11.0 Å². The molecular weight excluding hydrogens is 250 g/mol. The molecule has 1 fully saturated rings. The average Bonchev–Trinajstić information content (AvgIpc) is 2.35. The maximum absolute atomic E-state index is 10.7. The first-order valence-electron chi connectivity index (χ1n) is 6.24. The van der Waals surface area contributed by atoms with Crippen LogP contribution in [0.2, 0.25) is 0 Å². The zero-order valence-electron chi connectivity index (χ0n) is 10.9. The molecule has 0 amide bonds. The van der Waals surface area contributed by atoms with Gasteiger partial charge in [0, 0.05) is 24.7 Å². The van der Waals surface area contributed by atoms with Crippen molar-refractivity contribution >= 4 is 5.69 Å². The maximum Gasteiger partial charge on any atom is 0.272 e. The van der Waals surface area contributed by atoms with Crippen LogP contribution < -0.4 is 4.74 Å². The Morgan fingerprint density at radius 2 is 2.26 bits per heavy atom. The number of benzene rings is 1. The van der Waals surface area contributed by atoms with E-state index in [1.807, 2.05) is 6.92 Å². The van der Waals surface area contributed by atoms with E-state index in [1.54, 1.807) is 19.1 Å².